The van der Waals surface area contributed by atoms with Crippen molar-refractivity contribution < 1.29 is 14.6 Å². The molecule has 0 aromatic heterocycles. The van der Waals surface area contributed by atoms with E-state index in [9.17, 15) is 9.90 Å². The molecular weight excluding hydrogens is 360 g/mol. The van der Waals surface area contributed by atoms with E-state index in [-0.39, 0.29) is 11.4 Å². The van der Waals surface area contributed by atoms with Crippen molar-refractivity contribution in [1.82, 2.24) is 0 Å². The van der Waals surface area contributed by atoms with Gasteiger partial charge in [0.15, 0.2) is 0 Å². The molecular formula is C26H38O3. The van der Waals surface area contributed by atoms with Crippen LogP contribution in [0.5, 0.6) is 11.5 Å². The molecule has 2 aromatic carbocycles. The van der Waals surface area contributed by atoms with Gasteiger partial charge in [-0.3, -0.25) is 4.79 Å². The molecule has 29 heavy (non-hydrogen) atoms. The lowest BCUT2D eigenvalue weighted by molar-refractivity contribution is -0.131. The first-order chi connectivity index (χ1) is 13.4. The molecule has 0 unspecified atom stereocenters. The number of carbonyl (C=O) groups excluding carboxylic acids is 1. The van der Waals surface area contributed by atoms with Crippen LogP contribution in [-0.2, 0) is 10.2 Å². The second-order valence-corrected chi connectivity index (χ2v) is 8.34. The van der Waals surface area contributed by atoms with E-state index in [0.29, 0.717) is 11.5 Å². The molecule has 2 rings (SSSR count). The van der Waals surface area contributed by atoms with Gasteiger partial charge in [-0.25, -0.2) is 0 Å². The average Bonchev–Trinajstić information content (AvgIpc) is 2.58. The molecule has 0 aliphatic carbocycles. The van der Waals surface area contributed by atoms with Crippen LogP contribution in [0.3, 0.4) is 0 Å². The maximum absolute atomic E-state index is 11.1. The van der Waals surface area contributed by atoms with Gasteiger partial charge in [0.1, 0.15) is 11.5 Å². The lowest BCUT2D eigenvalue weighted by atomic mass is 9.77. The highest BCUT2D eigenvalue weighted by atomic mass is 16.5. The number of benzene rings is 2. The minimum atomic E-state index is -0.315. The summed E-state index contributed by atoms with van der Waals surface area (Å²) in [5.41, 5.74) is 3.83. The second kappa shape index (κ2) is 12.1. The van der Waals surface area contributed by atoms with Crippen LogP contribution in [0, 0.1) is 19.8 Å². The largest absolute Gasteiger partial charge is 0.508 e. The van der Waals surface area contributed by atoms with Gasteiger partial charge in [-0.15, -0.1) is 6.58 Å². The fourth-order valence-corrected chi connectivity index (χ4v) is 2.52. The minimum absolute atomic E-state index is 0.210. The standard InChI is InChI=1S/C19H22O3.C4H10.C3H6/c1-12-10-15(6-8-17(12)21)19(4,5)16-7-9-18(13(2)11-16)22-14(3)20;1-4(2)3;1-3-2/h6-11,21H,1-5H3;4H,1-3H3;3H,1H2,2H3. The molecule has 2 aromatic rings. The van der Waals surface area contributed by atoms with E-state index in [2.05, 4.69) is 41.2 Å². The van der Waals surface area contributed by atoms with Gasteiger partial charge in [0.25, 0.3) is 0 Å². The van der Waals surface area contributed by atoms with Crippen molar-refractivity contribution in [3.63, 3.8) is 0 Å². The first kappa shape index (κ1) is 26.4. The van der Waals surface area contributed by atoms with Crippen LogP contribution in [0.25, 0.3) is 0 Å². The summed E-state index contributed by atoms with van der Waals surface area (Å²) in [4.78, 5) is 11.1. The fourth-order valence-electron chi connectivity index (χ4n) is 2.52. The summed E-state index contributed by atoms with van der Waals surface area (Å²) in [5, 5.41) is 9.70. The molecule has 0 aliphatic heterocycles. The zero-order valence-corrected chi connectivity index (χ0v) is 19.6. The third-order valence-corrected chi connectivity index (χ3v) is 4.07. The zero-order valence-electron chi connectivity index (χ0n) is 19.6. The van der Waals surface area contributed by atoms with Crippen molar-refractivity contribution in [2.24, 2.45) is 5.92 Å². The molecule has 0 aliphatic rings. The lowest BCUT2D eigenvalue weighted by Gasteiger charge is -2.27. The Kier molecular flexibility index (Phi) is 11.0. The Morgan fingerprint density at radius 2 is 1.45 bits per heavy atom. The van der Waals surface area contributed by atoms with Crippen molar-refractivity contribution in [3.8, 4) is 11.5 Å². The molecule has 0 saturated carbocycles. The highest BCUT2D eigenvalue weighted by molar-refractivity contribution is 5.69. The van der Waals surface area contributed by atoms with Crippen molar-refractivity contribution in [3.05, 3.63) is 71.3 Å². The normalized spacial score (nSPS) is 10.3. The molecule has 0 atom stereocenters. The van der Waals surface area contributed by atoms with Crippen LogP contribution in [0.1, 0.15) is 70.7 Å². The maximum atomic E-state index is 11.1. The van der Waals surface area contributed by atoms with Crippen molar-refractivity contribution >= 4 is 5.97 Å². The van der Waals surface area contributed by atoms with E-state index < -0.39 is 0 Å². The first-order valence-corrected chi connectivity index (χ1v) is 10.0. The minimum Gasteiger partial charge on any atom is -0.508 e. The molecule has 0 radical (unpaired) electrons. The van der Waals surface area contributed by atoms with Gasteiger partial charge >= 0.3 is 5.97 Å². The summed E-state index contributed by atoms with van der Waals surface area (Å²) in [7, 11) is 0. The molecule has 3 heteroatoms. The van der Waals surface area contributed by atoms with Crippen LogP contribution in [0.4, 0.5) is 0 Å². The Morgan fingerprint density at radius 3 is 1.83 bits per heavy atom. The maximum Gasteiger partial charge on any atom is 0.308 e. The van der Waals surface area contributed by atoms with Crippen LogP contribution in [0.2, 0.25) is 0 Å². The van der Waals surface area contributed by atoms with Crippen LogP contribution in [-0.4, -0.2) is 11.1 Å². The van der Waals surface area contributed by atoms with Gasteiger partial charge in [0.2, 0.25) is 0 Å². The average molecular weight is 399 g/mol. The lowest BCUT2D eigenvalue weighted by Crippen LogP contribution is -2.19. The van der Waals surface area contributed by atoms with E-state index in [1.165, 1.54) is 6.92 Å². The molecule has 3 nitrogen and oxygen atoms in total. The van der Waals surface area contributed by atoms with E-state index in [4.69, 9.17) is 4.74 Å². The number of hydrogen-bond donors (Lipinski definition) is 1. The summed E-state index contributed by atoms with van der Waals surface area (Å²) in [5.74, 6) is 1.42. The van der Waals surface area contributed by atoms with Gasteiger partial charge in [-0.2, -0.15) is 0 Å². The van der Waals surface area contributed by atoms with E-state index in [1.54, 1.807) is 12.1 Å². The number of aromatic hydroxyl groups is 1. The topological polar surface area (TPSA) is 46.5 Å². The number of carbonyl (C=O) groups is 1. The molecule has 0 fully saturated rings. The SMILES string of the molecule is C=CC.CC(=O)Oc1ccc(C(C)(C)c2ccc(O)c(C)c2)cc1C.CC(C)C. The van der Waals surface area contributed by atoms with Gasteiger partial charge in [0, 0.05) is 12.3 Å². The van der Waals surface area contributed by atoms with Gasteiger partial charge in [-0.05, 0) is 61.1 Å². The molecule has 0 bridgehead atoms. The molecule has 160 valence electrons. The number of aryl methyl sites for hydroxylation is 2. The van der Waals surface area contributed by atoms with E-state index in [0.717, 1.165) is 28.2 Å². The predicted octanol–water partition coefficient (Wildman–Crippen LogP) is 7.11. The Balaban J connectivity index is 0.000000975. The highest BCUT2D eigenvalue weighted by Gasteiger charge is 2.24. The first-order valence-electron chi connectivity index (χ1n) is 10.0. The van der Waals surface area contributed by atoms with Crippen LogP contribution >= 0.6 is 0 Å². The summed E-state index contributed by atoms with van der Waals surface area (Å²) in [6.07, 6.45) is 1.75. The van der Waals surface area contributed by atoms with Gasteiger partial charge in [0.05, 0.1) is 0 Å². The summed E-state index contributed by atoms with van der Waals surface area (Å²) in [6, 6.07) is 11.5. The monoisotopic (exact) mass is 398 g/mol. The summed E-state index contributed by atoms with van der Waals surface area (Å²) >= 11 is 0. The van der Waals surface area contributed by atoms with Gasteiger partial charge < -0.3 is 9.84 Å². The van der Waals surface area contributed by atoms with Crippen molar-refractivity contribution in [2.45, 2.75) is 67.7 Å². The van der Waals surface area contributed by atoms with Crippen LogP contribution in [0.15, 0.2) is 49.1 Å². The quantitative estimate of drug-likeness (QED) is 0.340. The molecule has 0 saturated heterocycles. The number of allylic oxidation sites excluding steroid dienone is 1. The van der Waals surface area contributed by atoms with E-state index >= 15 is 0 Å². The molecule has 1 N–H and O–H groups in total. The molecule has 0 heterocycles. The van der Waals surface area contributed by atoms with Crippen molar-refractivity contribution in [1.29, 1.82) is 0 Å². The fraction of sp³-hybridized carbons (Fsp3) is 0.423. The second-order valence-electron chi connectivity index (χ2n) is 8.34. The van der Waals surface area contributed by atoms with Crippen molar-refractivity contribution in [2.75, 3.05) is 0 Å². The number of esters is 1. The smallest absolute Gasteiger partial charge is 0.308 e. The number of hydrogen-bond acceptors (Lipinski definition) is 3. The Bertz CT molecular complexity index is 799. The Morgan fingerprint density at radius 1 is 1.03 bits per heavy atom. The molecule has 0 spiro atoms. The van der Waals surface area contributed by atoms with E-state index in [1.807, 2.05) is 51.1 Å². The number of phenolic OH excluding ortho intramolecular Hbond substituents is 1. The highest BCUT2D eigenvalue weighted by Crippen LogP contribution is 2.35. The Hall–Kier alpha value is -2.55. The number of ether oxygens (including phenoxy) is 1. The summed E-state index contributed by atoms with van der Waals surface area (Å²) in [6.45, 7) is 21.2. The third kappa shape index (κ3) is 8.99. The number of rotatable bonds is 3. The van der Waals surface area contributed by atoms with Gasteiger partial charge in [-0.1, -0.05) is 65.0 Å². The molecule has 0 amide bonds. The summed E-state index contributed by atoms with van der Waals surface area (Å²) < 4.78 is 5.18. The Labute approximate surface area is 177 Å². The number of phenols is 1. The zero-order chi connectivity index (χ0) is 22.8. The predicted molar refractivity (Wildman–Crippen MR) is 124 cm³/mol. The third-order valence-electron chi connectivity index (χ3n) is 4.07. The van der Waals surface area contributed by atoms with Crippen LogP contribution < -0.4 is 4.74 Å².